The summed E-state index contributed by atoms with van der Waals surface area (Å²) in [6.45, 7) is 9.00. The summed E-state index contributed by atoms with van der Waals surface area (Å²) in [6.07, 6.45) is 0.752. The molecule has 2 aromatic carbocycles. The Labute approximate surface area is 227 Å². The number of anilines is 1. The number of thiazole rings is 1. The monoisotopic (exact) mass is 568 g/mol. The summed E-state index contributed by atoms with van der Waals surface area (Å²) >= 11 is 0.956. The third-order valence-electron chi connectivity index (χ3n) is 6.31. The van der Waals surface area contributed by atoms with Crippen molar-refractivity contribution in [3.63, 3.8) is 0 Å². The SMILES string of the molecule is CC(C)CCNc1nc(CN2CCN(Cc3ccccc3)CC2)sc1C(=O)Oc1c(F)c(F)c(F)c(F)c1F. The van der Waals surface area contributed by atoms with Crippen LogP contribution in [-0.2, 0) is 13.1 Å². The van der Waals surface area contributed by atoms with Crippen molar-refractivity contribution in [3.8, 4) is 5.75 Å². The first-order chi connectivity index (χ1) is 18.6. The highest BCUT2D eigenvalue weighted by Crippen LogP contribution is 2.32. The fraction of sp³-hybridized carbons (Fsp3) is 0.407. The number of aromatic nitrogens is 1. The van der Waals surface area contributed by atoms with Gasteiger partial charge in [0.2, 0.25) is 34.8 Å². The Balaban J connectivity index is 1.47. The first kappa shape index (κ1) is 28.9. The van der Waals surface area contributed by atoms with Crippen LogP contribution in [0.25, 0.3) is 0 Å². The second-order valence-electron chi connectivity index (χ2n) is 9.72. The molecule has 0 saturated carbocycles. The molecule has 4 rings (SSSR count). The van der Waals surface area contributed by atoms with E-state index in [0.717, 1.165) is 50.5 Å². The predicted octanol–water partition coefficient (Wildman–Crippen LogP) is 5.83. The molecule has 210 valence electrons. The van der Waals surface area contributed by atoms with Crippen molar-refractivity contribution in [1.82, 2.24) is 14.8 Å². The third-order valence-corrected chi connectivity index (χ3v) is 7.33. The highest BCUT2D eigenvalue weighted by atomic mass is 32.1. The van der Waals surface area contributed by atoms with E-state index in [1.165, 1.54) is 5.56 Å². The zero-order valence-electron chi connectivity index (χ0n) is 21.6. The molecule has 0 aliphatic carbocycles. The van der Waals surface area contributed by atoms with Crippen LogP contribution in [0.5, 0.6) is 5.75 Å². The Morgan fingerprint density at radius 2 is 1.49 bits per heavy atom. The van der Waals surface area contributed by atoms with E-state index < -0.39 is 40.8 Å². The molecule has 1 aliphatic heterocycles. The maximum absolute atomic E-state index is 14.1. The minimum absolute atomic E-state index is 0.111. The predicted molar refractivity (Wildman–Crippen MR) is 138 cm³/mol. The summed E-state index contributed by atoms with van der Waals surface area (Å²) in [5, 5.41) is 3.60. The fourth-order valence-electron chi connectivity index (χ4n) is 4.12. The number of nitrogens with one attached hydrogen (secondary N) is 1. The molecule has 1 aliphatic rings. The standard InChI is InChI=1S/C27H29F5N4O2S/c1-16(2)8-9-33-26-25(27(37)38-24-22(31)20(29)19(28)21(30)23(24)32)39-18(34-26)15-36-12-10-35(11-13-36)14-17-6-4-3-5-7-17/h3-7,16,33H,8-15H2,1-2H3. The molecule has 1 N–H and O–H groups in total. The summed E-state index contributed by atoms with van der Waals surface area (Å²) in [7, 11) is 0. The lowest BCUT2D eigenvalue weighted by Crippen LogP contribution is -2.45. The number of carbonyl (C=O) groups excluding carboxylic acids is 1. The van der Waals surface area contributed by atoms with Gasteiger partial charge in [-0.2, -0.15) is 8.78 Å². The number of nitrogens with zero attached hydrogens (tertiary/aromatic N) is 3. The van der Waals surface area contributed by atoms with Gasteiger partial charge in [-0.15, -0.1) is 11.3 Å². The second-order valence-corrected chi connectivity index (χ2v) is 10.8. The number of hydrogen-bond donors (Lipinski definition) is 1. The van der Waals surface area contributed by atoms with Crippen LogP contribution < -0.4 is 10.1 Å². The lowest BCUT2D eigenvalue weighted by atomic mass is 10.1. The van der Waals surface area contributed by atoms with Crippen LogP contribution in [0.3, 0.4) is 0 Å². The summed E-state index contributed by atoms with van der Waals surface area (Å²) in [6, 6.07) is 10.2. The van der Waals surface area contributed by atoms with Gasteiger partial charge in [0.1, 0.15) is 5.01 Å². The summed E-state index contributed by atoms with van der Waals surface area (Å²) in [5.74, 6) is -13.6. The zero-order chi connectivity index (χ0) is 28.1. The lowest BCUT2D eigenvalue weighted by Gasteiger charge is -2.34. The van der Waals surface area contributed by atoms with Gasteiger partial charge in [-0.1, -0.05) is 44.2 Å². The Kier molecular flexibility index (Phi) is 9.52. The molecule has 1 fully saturated rings. The Morgan fingerprint density at radius 1 is 0.923 bits per heavy atom. The number of benzene rings is 2. The maximum Gasteiger partial charge on any atom is 0.357 e. The van der Waals surface area contributed by atoms with E-state index >= 15 is 0 Å². The molecule has 12 heteroatoms. The largest absolute Gasteiger partial charge is 0.416 e. The summed E-state index contributed by atoms with van der Waals surface area (Å²) < 4.78 is 73.5. The molecule has 1 aromatic heterocycles. The normalized spacial score (nSPS) is 14.7. The van der Waals surface area contributed by atoms with E-state index in [0.29, 0.717) is 24.0 Å². The molecule has 0 radical (unpaired) electrons. The van der Waals surface area contributed by atoms with E-state index in [-0.39, 0.29) is 10.7 Å². The van der Waals surface area contributed by atoms with Gasteiger partial charge in [-0.25, -0.2) is 22.9 Å². The topological polar surface area (TPSA) is 57.7 Å². The molecule has 3 aromatic rings. The minimum atomic E-state index is -2.33. The van der Waals surface area contributed by atoms with Gasteiger partial charge in [0.25, 0.3) is 0 Å². The molecule has 0 atom stereocenters. The van der Waals surface area contributed by atoms with E-state index in [2.05, 4.69) is 32.2 Å². The Hall–Kier alpha value is -3.09. The molecule has 6 nitrogen and oxygen atoms in total. The summed E-state index contributed by atoms with van der Waals surface area (Å²) in [5.41, 5.74) is 1.24. The van der Waals surface area contributed by atoms with E-state index in [1.54, 1.807) is 0 Å². The first-order valence-electron chi connectivity index (χ1n) is 12.6. The zero-order valence-corrected chi connectivity index (χ0v) is 22.4. The van der Waals surface area contributed by atoms with Crippen molar-refractivity contribution < 1.29 is 31.5 Å². The van der Waals surface area contributed by atoms with Crippen LogP contribution in [0.4, 0.5) is 27.8 Å². The number of carbonyl (C=O) groups is 1. The van der Waals surface area contributed by atoms with Gasteiger partial charge in [0.15, 0.2) is 10.7 Å². The van der Waals surface area contributed by atoms with Crippen LogP contribution in [0.15, 0.2) is 30.3 Å². The molecule has 0 bridgehead atoms. The van der Waals surface area contributed by atoms with Crippen molar-refractivity contribution in [2.75, 3.05) is 38.0 Å². The highest BCUT2D eigenvalue weighted by molar-refractivity contribution is 7.14. The van der Waals surface area contributed by atoms with Crippen molar-refractivity contribution >= 4 is 23.1 Å². The van der Waals surface area contributed by atoms with Gasteiger partial charge >= 0.3 is 5.97 Å². The smallest absolute Gasteiger partial charge is 0.357 e. The summed E-state index contributed by atoms with van der Waals surface area (Å²) in [4.78, 5) is 21.8. The van der Waals surface area contributed by atoms with Crippen LogP contribution in [-0.4, -0.2) is 53.5 Å². The van der Waals surface area contributed by atoms with Crippen LogP contribution in [0.1, 0.15) is 40.5 Å². The molecular formula is C27H29F5N4O2S. The first-order valence-corrected chi connectivity index (χ1v) is 13.4. The van der Waals surface area contributed by atoms with Gasteiger partial charge < -0.3 is 10.1 Å². The molecule has 0 spiro atoms. The molecule has 0 amide bonds. The van der Waals surface area contributed by atoms with Gasteiger partial charge in [-0.05, 0) is 17.9 Å². The average Bonchev–Trinajstić information content (AvgIpc) is 3.32. The number of rotatable bonds is 10. The second kappa shape index (κ2) is 12.8. The van der Waals surface area contributed by atoms with Gasteiger partial charge in [0.05, 0.1) is 6.54 Å². The molecular weight excluding hydrogens is 539 g/mol. The van der Waals surface area contributed by atoms with Crippen molar-refractivity contribution in [2.24, 2.45) is 5.92 Å². The molecule has 1 saturated heterocycles. The van der Waals surface area contributed by atoms with Gasteiger partial charge in [0, 0.05) is 39.3 Å². The average molecular weight is 569 g/mol. The van der Waals surface area contributed by atoms with Crippen molar-refractivity contribution in [3.05, 3.63) is 74.9 Å². The van der Waals surface area contributed by atoms with E-state index in [9.17, 15) is 26.7 Å². The third kappa shape index (κ3) is 7.11. The fourth-order valence-corrected chi connectivity index (χ4v) is 5.08. The van der Waals surface area contributed by atoms with Gasteiger partial charge in [-0.3, -0.25) is 9.80 Å². The van der Waals surface area contributed by atoms with Crippen molar-refractivity contribution in [1.29, 1.82) is 0 Å². The molecule has 39 heavy (non-hydrogen) atoms. The number of ether oxygens (including phenoxy) is 1. The van der Waals surface area contributed by atoms with Crippen molar-refractivity contribution in [2.45, 2.75) is 33.4 Å². The number of piperazine rings is 1. The number of halogens is 5. The highest BCUT2D eigenvalue weighted by Gasteiger charge is 2.31. The van der Waals surface area contributed by atoms with E-state index in [4.69, 9.17) is 4.74 Å². The molecule has 2 heterocycles. The van der Waals surface area contributed by atoms with Crippen LogP contribution in [0, 0.1) is 35.0 Å². The number of hydrogen-bond acceptors (Lipinski definition) is 7. The van der Waals surface area contributed by atoms with Crippen LogP contribution >= 0.6 is 11.3 Å². The maximum atomic E-state index is 14.1. The Morgan fingerprint density at radius 3 is 2.08 bits per heavy atom. The minimum Gasteiger partial charge on any atom is -0.416 e. The van der Waals surface area contributed by atoms with Crippen LogP contribution in [0.2, 0.25) is 0 Å². The quantitative estimate of drug-likeness (QED) is 0.109. The molecule has 0 unspecified atom stereocenters. The lowest BCUT2D eigenvalue weighted by molar-refractivity contribution is 0.0721. The van der Waals surface area contributed by atoms with E-state index in [1.807, 2.05) is 32.0 Å². The number of esters is 1. The Bertz CT molecular complexity index is 1270.